The summed E-state index contributed by atoms with van der Waals surface area (Å²) in [5, 5.41) is 2.33. The summed E-state index contributed by atoms with van der Waals surface area (Å²) in [4.78, 5) is 29.6. The molecule has 5 heteroatoms. The second kappa shape index (κ2) is 16.1. The molecule has 2 heterocycles. The van der Waals surface area contributed by atoms with E-state index in [-0.39, 0.29) is 42.5 Å². The van der Waals surface area contributed by atoms with E-state index in [1.165, 1.54) is 69.1 Å². The molecular formula is C53H43IrN2O2. The van der Waals surface area contributed by atoms with Gasteiger partial charge in [0.15, 0.2) is 0 Å². The average Bonchev–Trinajstić information content (AvgIpc) is 3.59. The van der Waals surface area contributed by atoms with Gasteiger partial charge in [-0.2, -0.15) is 0 Å². The molecular weight excluding hydrogens is 889 g/mol. The maximum Gasteiger partial charge on any atom is 3.00 e. The van der Waals surface area contributed by atoms with Crippen LogP contribution in [0.25, 0.3) is 66.6 Å². The quantitative estimate of drug-likeness (QED) is 0.130. The van der Waals surface area contributed by atoms with Crippen molar-refractivity contribution in [3.05, 3.63) is 186 Å². The molecule has 286 valence electrons. The minimum atomic E-state index is -0.187. The van der Waals surface area contributed by atoms with Gasteiger partial charge in [-0.1, -0.05) is 159 Å². The van der Waals surface area contributed by atoms with E-state index in [9.17, 15) is 9.59 Å². The summed E-state index contributed by atoms with van der Waals surface area (Å²) in [6.07, 6.45) is 1.06. The molecule has 4 nitrogen and oxygen atoms in total. The summed E-state index contributed by atoms with van der Waals surface area (Å²) in [6, 6.07) is 58.1. The normalized spacial score (nSPS) is 13.3. The monoisotopic (exact) mass is 932 g/mol. The molecule has 0 spiro atoms. The van der Waals surface area contributed by atoms with E-state index in [0.717, 1.165) is 40.0 Å². The molecule has 58 heavy (non-hydrogen) atoms. The first-order valence-corrected chi connectivity index (χ1v) is 19.3. The van der Waals surface area contributed by atoms with E-state index in [0.29, 0.717) is 0 Å². The number of pyridine rings is 2. The molecule has 10 rings (SSSR count). The van der Waals surface area contributed by atoms with Gasteiger partial charge in [0, 0.05) is 11.6 Å². The first-order valence-electron chi connectivity index (χ1n) is 19.3. The number of ketones is 2. The Hall–Kier alpha value is -6.00. The Morgan fingerprint density at radius 2 is 0.862 bits per heavy atom. The van der Waals surface area contributed by atoms with Crippen LogP contribution in [0.4, 0.5) is 0 Å². The number of hydrogen-bond donors (Lipinski definition) is 0. The third kappa shape index (κ3) is 7.56. The van der Waals surface area contributed by atoms with Crippen LogP contribution in [0.2, 0.25) is 0 Å². The molecule has 0 N–H and O–H groups in total. The summed E-state index contributed by atoms with van der Waals surface area (Å²) in [5.74, 6) is -0.375. The van der Waals surface area contributed by atoms with Crippen LogP contribution in [0.3, 0.4) is 0 Å². The van der Waals surface area contributed by atoms with Gasteiger partial charge in [-0.15, -0.1) is 58.7 Å². The molecule has 0 bridgehead atoms. The Morgan fingerprint density at radius 1 is 0.483 bits per heavy atom. The Kier molecular flexibility index (Phi) is 11.2. The Labute approximate surface area is 354 Å². The van der Waals surface area contributed by atoms with Crippen molar-refractivity contribution >= 4 is 33.4 Å². The van der Waals surface area contributed by atoms with Crippen molar-refractivity contribution in [2.45, 2.75) is 52.4 Å². The predicted molar refractivity (Wildman–Crippen MR) is 233 cm³/mol. The van der Waals surface area contributed by atoms with Crippen molar-refractivity contribution in [3.8, 4) is 44.8 Å². The first-order chi connectivity index (χ1) is 27.4. The van der Waals surface area contributed by atoms with E-state index in [1.807, 2.05) is 24.3 Å². The predicted octanol–water partition coefficient (Wildman–Crippen LogP) is 12.4. The van der Waals surface area contributed by atoms with Crippen LogP contribution in [0, 0.1) is 18.6 Å². The topological polar surface area (TPSA) is 59.9 Å². The van der Waals surface area contributed by atoms with E-state index in [1.54, 1.807) is 0 Å². The maximum atomic E-state index is 9.98. The van der Waals surface area contributed by atoms with Crippen molar-refractivity contribution < 1.29 is 29.7 Å². The number of fused-ring (bicyclic) bond motifs is 8. The Bertz CT molecular complexity index is 2660. The van der Waals surface area contributed by atoms with Crippen LogP contribution < -0.4 is 0 Å². The van der Waals surface area contributed by atoms with Crippen molar-refractivity contribution in [2.75, 3.05) is 0 Å². The second-order valence-electron chi connectivity index (χ2n) is 15.8. The van der Waals surface area contributed by atoms with Crippen LogP contribution in [0.1, 0.15) is 63.8 Å². The Morgan fingerprint density at radius 3 is 1.26 bits per heavy atom. The number of hydrogen-bond acceptors (Lipinski definition) is 4. The third-order valence-corrected chi connectivity index (χ3v) is 11.2. The zero-order valence-corrected chi connectivity index (χ0v) is 35.9. The van der Waals surface area contributed by atoms with Gasteiger partial charge in [0.05, 0.1) is 11.0 Å². The minimum Gasteiger partial charge on any atom is -0.334 e. The number of nitrogens with zero attached hydrogens (tertiary/aromatic N) is 2. The van der Waals surface area contributed by atoms with Gasteiger partial charge < -0.3 is 9.59 Å². The summed E-state index contributed by atoms with van der Waals surface area (Å²) in [6.45, 7) is 11.9. The molecule has 0 amide bonds. The van der Waals surface area contributed by atoms with E-state index in [4.69, 9.17) is 9.97 Å². The first kappa shape index (κ1) is 40.2. The van der Waals surface area contributed by atoms with E-state index in [2.05, 4.69) is 161 Å². The number of carbonyl (C=O) groups excluding carboxylic acids is 2. The van der Waals surface area contributed by atoms with Gasteiger partial charge in [0.25, 0.3) is 0 Å². The number of rotatable bonds is 4. The zero-order valence-electron chi connectivity index (χ0n) is 33.5. The molecule has 2 aliphatic carbocycles. The fourth-order valence-corrected chi connectivity index (χ4v) is 8.29. The van der Waals surface area contributed by atoms with Crippen molar-refractivity contribution in [3.63, 3.8) is 0 Å². The van der Waals surface area contributed by atoms with Gasteiger partial charge in [-0.05, 0) is 70.1 Å². The average molecular weight is 932 g/mol. The SMILES string of the molecule is CC(=O)[CH-]C(C)=O.CC1(C)c2ccccc2-c2c[c-]c(-c3ccc4ccccc4n3)cc21.CC1(C)c2ccccc2-c2c[c-]c(-c3ccc4ccccc4n3)cc21.[Ir+3]. The van der Waals surface area contributed by atoms with Crippen molar-refractivity contribution in [1.82, 2.24) is 9.97 Å². The van der Waals surface area contributed by atoms with Crippen LogP contribution in [0.15, 0.2) is 146 Å². The zero-order chi connectivity index (χ0) is 39.9. The van der Waals surface area contributed by atoms with Gasteiger partial charge in [0.2, 0.25) is 0 Å². The number of aromatic nitrogens is 2. The molecule has 8 aromatic rings. The van der Waals surface area contributed by atoms with Gasteiger partial charge in [-0.25, -0.2) is 0 Å². The van der Waals surface area contributed by atoms with Gasteiger partial charge in [0.1, 0.15) is 0 Å². The number of Topliss-reactive ketones (excluding diaryl/α,β-unsaturated/α-hetero) is 2. The fraction of sp³-hybridized carbons (Fsp3) is 0.151. The minimum absolute atomic E-state index is 0. The third-order valence-electron chi connectivity index (χ3n) is 11.2. The van der Waals surface area contributed by atoms with Crippen LogP contribution in [-0.2, 0) is 40.5 Å². The number of benzene rings is 6. The smallest absolute Gasteiger partial charge is 0.334 e. The molecule has 0 radical (unpaired) electrons. The summed E-state index contributed by atoms with van der Waals surface area (Å²) in [7, 11) is 0. The molecule has 2 aliphatic rings. The van der Waals surface area contributed by atoms with Crippen LogP contribution in [0.5, 0.6) is 0 Å². The molecule has 0 saturated carbocycles. The van der Waals surface area contributed by atoms with Crippen LogP contribution >= 0.6 is 0 Å². The molecule has 0 aliphatic heterocycles. The maximum absolute atomic E-state index is 9.98. The fourth-order valence-electron chi connectivity index (χ4n) is 8.29. The standard InChI is InChI=1S/2C24H18N.C5H7O2.Ir/c2*1-24(2)20-9-5-4-8-18(20)19-13-11-17(15-21(19)24)23-14-12-16-7-3-6-10-22(16)25-23;1-4(6)3-5(2)7;/h2*3-10,12-15H,1-2H3;3H,1-2H3;/q3*-1;+3. The Balaban J connectivity index is 0.000000150. The van der Waals surface area contributed by atoms with Crippen LogP contribution in [-0.4, -0.2) is 21.5 Å². The van der Waals surface area contributed by atoms with E-state index < -0.39 is 0 Å². The largest absolute Gasteiger partial charge is 3.00 e. The molecule has 2 aromatic heterocycles. The number of para-hydroxylation sites is 2. The molecule has 0 unspecified atom stereocenters. The molecule has 6 aromatic carbocycles. The van der Waals surface area contributed by atoms with Crippen molar-refractivity contribution in [2.24, 2.45) is 0 Å². The van der Waals surface area contributed by atoms with Gasteiger partial charge in [-0.3, -0.25) is 16.4 Å². The van der Waals surface area contributed by atoms with Crippen molar-refractivity contribution in [1.29, 1.82) is 0 Å². The summed E-state index contributed by atoms with van der Waals surface area (Å²) < 4.78 is 0. The number of carbonyl (C=O) groups is 2. The van der Waals surface area contributed by atoms with Gasteiger partial charge >= 0.3 is 20.1 Å². The summed E-state index contributed by atoms with van der Waals surface area (Å²) in [5.41, 5.74) is 16.9. The second-order valence-corrected chi connectivity index (χ2v) is 15.8. The molecule has 0 fully saturated rings. The molecule has 0 atom stereocenters. The van der Waals surface area contributed by atoms with E-state index >= 15 is 0 Å². The summed E-state index contributed by atoms with van der Waals surface area (Å²) >= 11 is 0. The molecule has 0 saturated heterocycles.